The number of aliphatic hydroxyl groups excluding tert-OH is 1. The highest BCUT2D eigenvalue weighted by atomic mass is 19.4. The molecule has 1 fully saturated rings. The molecule has 0 aromatic heterocycles. The van der Waals surface area contributed by atoms with Crippen LogP contribution < -0.4 is 5.73 Å². The molecule has 6 heteroatoms. The second-order valence-corrected chi connectivity index (χ2v) is 4.57. The normalized spacial score (nSPS) is 27.9. The Kier molecular flexibility index (Phi) is 4.58. The summed E-state index contributed by atoms with van der Waals surface area (Å²) in [6.07, 6.45) is -3.40. The Hall–Kier alpha value is -0.330. The van der Waals surface area contributed by atoms with Gasteiger partial charge < -0.3 is 10.8 Å². The molecule has 3 N–H and O–H groups in total. The molecule has 3 nitrogen and oxygen atoms in total. The lowest BCUT2D eigenvalue weighted by Crippen LogP contribution is -2.48. The maximum absolute atomic E-state index is 12.7. The van der Waals surface area contributed by atoms with Gasteiger partial charge in [-0.05, 0) is 38.8 Å². The number of rotatable bonds is 5. The van der Waals surface area contributed by atoms with Crippen LogP contribution in [0.1, 0.15) is 19.3 Å². The minimum atomic E-state index is -4.23. The highest BCUT2D eigenvalue weighted by Gasteiger charge is 2.42. The molecule has 0 aliphatic heterocycles. The standard InChI is InChI=1S/C10H19F3N2O/c1-15(6-7-4-8(16)5-7)9(2-3-14)10(11,12)13/h7-9,16H,2-6,14H2,1H3. The molecule has 0 bridgehead atoms. The molecule has 1 rings (SSSR count). The number of nitrogens with zero attached hydrogens (tertiary/aromatic N) is 1. The molecular formula is C10H19F3N2O. The van der Waals surface area contributed by atoms with Crippen LogP contribution in [-0.2, 0) is 0 Å². The summed E-state index contributed by atoms with van der Waals surface area (Å²) in [5.74, 6) is 0.183. The van der Waals surface area contributed by atoms with Crippen molar-refractivity contribution in [3.63, 3.8) is 0 Å². The van der Waals surface area contributed by atoms with Crippen molar-refractivity contribution in [3.8, 4) is 0 Å². The molecule has 0 spiro atoms. The van der Waals surface area contributed by atoms with E-state index in [0.717, 1.165) is 0 Å². The molecule has 0 saturated heterocycles. The summed E-state index contributed by atoms with van der Waals surface area (Å²) < 4.78 is 38.0. The van der Waals surface area contributed by atoms with Crippen LogP contribution in [0, 0.1) is 5.92 Å². The van der Waals surface area contributed by atoms with E-state index >= 15 is 0 Å². The lowest BCUT2D eigenvalue weighted by molar-refractivity contribution is -0.184. The van der Waals surface area contributed by atoms with Crippen LogP contribution in [-0.4, -0.2) is 48.5 Å². The van der Waals surface area contributed by atoms with Crippen molar-refractivity contribution >= 4 is 0 Å². The Bertz CT molecular complexity index is 217. The smallest absolute Gasteiger partial charge is 0.393 e. The maximum Gasteiger partial charge on any atom is 0.404 e. The van der Waals surface area contributed by atoms with E-state index in [0.29, 0.717) is 19.4 Å². The third-order valence-electron chi connectivity index (χ3n) is 3.11. The van der Waals surface area contributed by atoms with Gasteiger partial charge in [0.25, 0.3) is 0 Å². The maximum atomic E-state index is 12.7. The molecule has 1 saturated carbocycles. The Morgan fingerprint density at radius 1 is 1.44 bits per heavy atom. The Labute approximate surface area is 93.4 Å². The van der Waals surface area contributed by atoms with Crippen LogP contribution in [0.3, 0.4) is 0 Å². The van der Waals surface area contributed by atoms with Crippen LogP contribution in [0.4, 0.5) is 13.2 Å². The van der Waals surface area contributed by atoms with E-state index in [1.165, 1.54) is 11.9 Å². The molecule has 1 aliphatic rings. The van der Waals surface area contributed by atoms with Gasteiger partial charge in [0.1, 0.15) is 6.04 Å². The molecule has 0 heterocycles. The predicted octanol–water partition coefficient (Wildman–Crippen LogP) is 0.969. The van der Waals surface area contributed by atoms with E-state index < -0.39 is 12.2 Å². The van der Waals surface area contributed by atoms with Gasteiger partial charge in [-0.25, -0.2) is 0 Å². The first kappa shape index (κ1) is 13.7. The minimum absolute atomic E-state index is 0.0296. The van der Waals surface area contributed by atoms with Crippen molar-refractivity contribution in [2.75, 3.05) is 20.1 Å². The Balaban J connectivity index is 2.44. The zero-order valence-electron chi connectivity index (χ0n) is 9.37. The molecule has 1 aliphatic carbocycles. The molecule has 0 aromatic carbocycles. The Morgan fingerprint density at radius 2 is 2.00 bits per heavy atom. The average Bonchev–Trinajstić information content (AvgIpc) is 2.09. The van der Waals surface area contributed by atoms with Gasteiger partial charge in [0.05, 0.1) is 6.10 Å². The summed E-state index contributed by atoms with van der Waals surface area (Å²) in [6.45, 7) is 0.406. The largest absolute Gasteiger partial charge is 0.404 e. The zero-order chi connectivity index (χ0) is 12.3. The van der Waals surface area contributed by atoms with Gasteiger partial charge in [-0.2, -0.15) is 13.2 Å². The topological polar surface area (TPSA) is 49.5 Å². The fourth-order valence-electron chi connectivity index (χ4n) is 2.18. The predicted molar refractivity (Wildman–Crippen MR) is 54.9 cm³/mol. The third kappa shape index (κ3) is 3.61. The Morgan fingerprint density at radius 3 is 2.38 bits per heavy atom. The van der Waals surface area contributed by atoms with E-state index in [1.807, 2.05) is 0 Å². The number of nitrogens with two attached hydrogens (primary N) is 1. The highest BCUT2D eigenvalue weighted by Crippen LogP contribution is 2.31. The van der Waals surface area contributed by atoms with Crippen LogP contribution in [0.15, 0.2) is 0 Å². The molecule has 0 amide bonds. The van der Waals surface area contributed by atoms with Crippen molar-refractivity contribution in [1.29, 1.82) is 0 Å². The van der Waals surface area contributed by atoms with E-state index in [4.69, 9.17) is 10.8 Å². The fraction of sp³-hybridized carbons (Fsp3) is 1.00. The minimum Gasteiger partial charge on any atom is -0.393 e. The van der Waals surface area contributed by atoms with Gasteiger partial charge >= 0.3 is 6.18 Å². The first-order valence-corrected chi connectivity index (χ1v) is 5.49. The third-order valence-corrected chi connectivity index (χ3v) is 3.11. The number of hydrogen-bond donors (Lipinski definition) is 2. The van der Waals surface area contributed by atoms with Crippen molar-refractivity contribution in [3.05, 3.63) is 0 Å². The van der Waals surface area contributed by atoms with Gasteiger partial charge in [-0.1, -0.05) is 0 Å². The van der Waals surface area contributed by atoms with Gasteiger partial charge in [0.15, 0.2) is 0 Å². The first-order chi connectivity index (χ1) is 7.34. The van der Waals surface area contributed by atoms with Gasteiger partial charge in [0.2, 0.25) is 0 Å². The van der Waals surface area contributed by atoms with Crippen molar-refractivity contribution in [2.24, 2.45) is 11.7 Å². The molecular weight excluding hydrogens is 221 g/mol. The summed E-state index contributed by atoms with van der Waals surface area (Å²) in [7, 11) is 1.47. The van der Waals surface area contributed by atoms with Crippen molar-refractivity contribution in [2.45, 2.75) is 37.6 Å². The SMILES string of the molecule is CN(CC1CC(O)C1)C(CCN)C(F)(F)F. The lowest BCUT2D eigenvalue weighted by atomic mass is 9.82. The van der Waals surface area contributed by atoms with Gasteiger partial charge in [0, 0.05) is 6.54 Å². The van der Waals surface area contributed by atoms with E-state index in [9.17, 15) is 13.2 Å². The molecule has 1 atom stereocenters. The van der Waals surface area contributed by atoms with E-state index in [1.54, 1.807) is 0 Å². The van der Waals surface area contributed by atoms with Gasteiger partial charge in [-0.15, -0.1) is 0 Å². The molecule has 1 unspecified atom stereocenters. The lowest BCUT2D eigenvalue weighted by Gasteiger charge is -2.38. The number of hydrogen-bond acceptors (Lipinski definition) is 3. The first-order valence-electron chi connectivity index (χ1n) is 5.49. The number of alkyl halides is 3. The quantitative estimate of drug-likeness (QED) is 0.753. The zero-order valence-corrected chi connectivity index (χ0v) is 9.37. The van der Waals surface area contributed by atoms with Crippen molar-refractivity contribution in [1.82, 2.24) is 4.90 Å². The fourth-order valence-corrected chi connectivity index (χ4v) is 2.18. The summed E-state index contributed by atoms with van der Waals surface area (Å²) in [4.78, 5) is 1.31. The number of halogens is 3. The highest BCUT2D eigenvalue weighted by molar-refractivity contribution is 4.84. The summed E-state index contributed by atoms with van der Waals surface area (Å²) in [6, 6.07) is -1.46. The molecule has 0 aromatic rings. The van der Waals surface area contributed by atoms with Crippen LogP contribution >= 0.6 is 0 Å². The molecule has 96 valence electrons. The van der Waals surface area contributed by atoms with E-state index in [-0.39, 0.29) is 25.0 Å². The van der Waals surface area contributed by atoms with Gasteiger partial charge in [-0.3, -0.25) is 4.90 Å². The summed E-state index contributed by atoms with van der Waals surface area (Å²) >= 11 is 0. The monoisotopic (exact) mass is 240 g/mol. The molecule has 0 radical (unpaired) electrons. The number of aliphatic hydroxyl groups is 1. The van der Waals surface area contributed by atoms with Crippen LogP contribution in [0.25, 0.3) is 0 Å². The van der Waals surface area contributed by atoms with E-state index in [2.05, 4.69) is 0 Å². The molecule has 16 heavy (non-hydrogen) atoms. The second kappa shape index (κ2) is 5.33. The second-order valence-electron chi connectivity index (χ2n) is 4.57. The summed E-state index contributed by atoms with van der Waals surface area (Å²) in [5.41, 5.74) is 5.20. The average molecular weight is 240 g/mol. The summed E-state index contributed by atoms with van der Waals surface area (Å²) in [5, 5.41) is 9.07. The van der Waals surface area contributed by atoms with Crippen LogP contribution in [0.5, 0.6) is 0 Å². The van der Waals surface area contributed by atoms with Crippen LogP contribution in [0.2, 0.25) is 0 Å². The van der Waals surface area contributed by atoms with Crippen molar-refractivity contribution < 1.29 is 18.3 Å².